The molecule has 0 aliphatic carbocycles. The van der Waals surface area contributed by atoms with Crippen LogP contribution in [0.5, 0.6) is 0 Å². The molecular weight excluding hydrogens is 478 g/mol. The molecule has 1 aliphatic rings. The van der Waals surface area contributed by atoms with Crippen molar-refractivity contribution in [2.24, 2.45) is 0 Å². The Morgan fingerprint density at radius 2 is 1.70 bits per heavy atom. The van der Waals surface area contributed by atoms with E-state index in [1.807, 2.05) is 12.1 Å². The molecule has 2 heterocycles. The highest BCUT2D eigenvalue weighted by Gasteiger charge is 2.26. The molecule has 8 nitrogen and oxygen atoms in total. The van der Waals surface area contributed by atoms with E-state index in [1.54, 1.807) is 12.1 Å². The quantitative estimate of drug-likeness (QED) is 0.418. The van der Waals surface area contributed by atoms with E-state index in [9.17, 15) is 13.2 Å². The lowest BCUT2D eigenvalue weighted by atomic mass is 10.1. The molecule has 1 aromatic heterocycles. The Hall–Kier alpha value is -2.47. The van der Waals surface area contributed by atoms with Gasteiger partial charge in [-0.15, -0.1) is 10.2 Å². The van der Waals surface area contributed by atoms with Crippen LogP contribution in [-0.4, -0.2) is 47.7 Å². The molecule has 3 aromatic rings. The number of aromatic nitrogens is 2. The highest BCUT2D eigenvalue weighted by atomic mass is 32.2. The summed E-state index contributed by atoms with van der Waals surface area (Å²) >= 11 is 2.68. The van der Waals surface area contributed by atoms with Crippen LogP contribution >= 0.6 is 23.1 Å². The molecule has 11 heteroatoms. The number of thioether (sulfide) groups is 1. The Kier molecular flexibility index (Phi) is 7.63. The fourth-order valence-corrected chi connectivity index (χ4v) is 6.47. The van der Waals surface area contributed by atoms with Crippen LogP contribution < -0.4 is 10.6 Å². The summed E-state index contributed by atoms with van der Waals surface area (Å²) in [5.74, 6) is -0.0248. The maximum absolute atomic E-state index is 12.6. The van der Waals surface area contributed by atoms with Crippen molar-refractivity contribution in [3.05, 3.63) is 54.1 Å². The molecule has 2 N–H and O–H groups in total. The van der Waals surface area contributed by atoms with Gasteiger partial charge in [0.2, 0.25) is 21.1 Å². The minimum absolute atomic E-state index is 0.174. The number of carbonyl (C=O) groups excluding carboxylic acids is 1. The molecule has 1 aliphatic heterocycles. The number of anilines is 3. The molecule has 0 spiro atoms. The zero-order chi connectivity index (χ0) is 23.3. The first kappa shape index (κ1) is 23.7. The lowest BCUT2D eigenvalue weighted by Crippen LogP contribution is -2.27. The Labute approximate surface area is 201 Å². The van der Waals surface area contributed by atoms with Gasteiger partial charge in [0.1, 0.15) is 0 Å². The summed E-state index contributed by atoms with van der Waals surface area (Å²) in [5, 5.41) is 14.9. The lowest BCUT2D eigenvalue weighted by Gasteiger charge is -2.15. The molecule has 33 heavy (non-hydrogen) atoms. The smallest absolute Gasteiger partial charge is 0.243 e. The first-order valence-electron chi connectivity index (χ1n) is 10.7. The zero-order valence-electron chi connectivity index (χ0n) is 18.2. The molecule has 1 fully saturated rings. The largest absolute Gasteiger partial charge is 0.330 e. The summed E-state index contributed by atoms with van der Waals surface area (Å²) in [6.45, 7) is 3.24. The van der Waals surface area contributed by atoms with Gasteiger partial charge in [0.25, 0.3) is 0 Å². The average molecular weight is 504 g/mol. The summed E-state index contributed by atoms with van der Waals surface area (Å²) in [6.07, 6.45) is 2.77. The number of hydrogen-bond donors (Lipinski definition) is 2. The van der Waals surface area contributed by atoms with Crippen LogP contribution in [0.3, 0.4) is 0 Å². The maximum Gasteiger partial charge on any atom is 0.243 e. The summed E-state index contributed by atoms with van der Waals surface area (Å²) in [7, 11) is -3.46. The van der Waals surface area contributed by atoms with Crippen molar-refractivity contribution >= 4 is 55.5 Å². The molecule has 174 valence electrons. The first-order chi connectivity index (χ1) is 15.9. The van der Waals surface area contributed by atoms with Gasteiger partial charge in [-0.3, -0.25) is 4.79 Å². The van der Waals surface area contributed by atoms with Gasteiger partial charge >= 0.3 is 0 Å². The van der Waals surface area contributed by atoms with Gasteiger partial charge < -0.3 is 10.6 Å². The van der Waals surface area contributed by atoms with Gasteiger partial charge in [-0.25, -0.2) is 8.42 Å². The number of benzene rings is 2. The molecule has 0 radical (unpaired) electrons. The van der Waals surface area contributed by atoms with E-state index >= 15 is 0 Å². The second-order valence-electron chi connectivity index (χ2n) is 7.52. The highest BCUT2D eigenvalue weighted by molar-refractivity contribution is 8.01. The molecule has 0 bridgehead atoms. The maximum atomic E-state index is 12.6. The third-order valence-electron chi connectivity index (χ3n) is 5.19. The average Bonchev–Trinajstić information content (AvgIpc) is 3.52. The normalized spacial score (nSPS) is 14.3. The van der Waals surface area contributed by atoms with Crippen molar-refractivity contribution in [1.82, 2.24) is 14.5 Å². The number of sulfonamides is 1. The second-order valence-corrected chi connectivity index (χ2v) is 11.7. The number of hydrogen-bond acceptors (Lipinski definition) is 8. The molecule has 1 saturated heterocycles. The SMILES string of the molecule is CCc1ccc(Nc2nnc(SCC(=O)Nc3ccc(S(=O)(=O)N4CCCC4)cc3)s2)cc1. The number of nitrogens with one attached hydrogen (secondary N) is 2. The minimum atomic E-state index is -3.46. The van der Waals surface area contributed by atoms with Crippen LogP contribution in [0.15, 0.2) is 57.8 Å². The van der Waals surface area contributed by atoms with E-state index in [4.69, 9.17) is 0 Å². The standard InChI is InChI=1S/C22H25N5O3S3/c1-2-16-5-7-18(8-6-16)24-21-25-26-22(32-21)31-15-20(28)23-17-9-11-19(12-10-17)33(29,30)27-13-3-4-14-27/h5-12H,2-4,13-15H2,1H3,(H,23,28)(H,24,25). The van der Waals surface area contributed by atoms with Gasteiger partial charge in [-0.2, -0.15) is 4.31 Å². The number of carbonyl (C=O) groups is 1. The summed E-state index contributed by atoms with van der Waals surface area (Å²) in [6, 6.07) is 14.4. The van der Waals surface area contributed by atoms with Crippen LogP contribution in [0, 0.1) is 0 Å². The van der Waals surface area contributed by atoms with E-state index in [1.165, 1.54) is 45.1 Å². The third kappa shape index (κ3) is 6.11. The van der Waals surface area contributed by atoms with Gasteiger partial charge in [0.05, 0.1) is 10.6 Å². The summed E-state index contributed by atoms with van der Waals surface area (Å²) in [4.78, 5) is 12.6. The number of amides is 1. The Morgan fingerprint density at radius 3 is 2.36 bits per heavy atom. The van der Waals surface area contributed by atoms with E-state index in [0.29, 0.717) is 28.2 Å². The van der Waals surface area contributed by atoms with Crippen molar-refractivity contribution in [3.63, 3.8) is 0 Å². The molecule has 0 atom stereocenters. The summed E-state index contributed by atoms with van der Waals surface area (Å²) < 4.78 is 27.4. The number of rotatable bonds is 9. The predicted molar refractivity (Wildman–Crippen MR) is 133 cm³/mol. The van der Waals surface area contributed by atoms with Crippen LogP contribution in [0.4, 0.5) is 16.5 Å². The minimum Gasteiger partial charge on any atom is -0.330 e. The zero-order valence-corrected chi connectivity index (χ0v) is 20.6. The molecule has 0 saturated carbocycles. The fourth-order valence-electron chi connectivity index (χ4n) is 3.38. The summed E-state index contributed by atoms with van der Waals surface area (Å²) in [5.41, 5.74) is 2.76. The number of nitrogens with zero attached hydrogens (tertiary/aromatic N) is 3. The Bertz CT molecular complexity index is 1190. The first-order valence-corrected chi connectivity index (χ1v) is 13.9. The van der Waals surface area contributed by atoms with Crippen molar-refractivity contribution < 1.29 is 13.2 Å². The van der Waals surface area contributed by atoms with Crippen molar-refractivity contribution in [2.75, 3.05) is 29.5 Å². The topological polar surface area (TPSA) is 104 Å². The van der Waals surface area contributed by atoms with E-state index in [2.05, 4.69) is 39.9 Å². The van der Waals surface area contributed by atoms with Gasteiger partial charge in [0.15, 0.2) is 4.34 Å². The van der Waals surface area contributed by atoms with Gasteiger partial charge in [-0.05, 0) is 61.2 Å². The Morgan fingerprint density at radius 1 is 1.03 bits per heavy atom. The highest BCUT2D eigenvalue weighted by Crippen LogP contribution is 2.28. The van der Waals surface area contributed by atoms with Crippen molar-refractivity contribution in [3.8, 4) is 0 Å². The van der Waals surface area contributed by atoms with Crippen LogP contribution in [0.1, 0.15) is 25.3 Å². The molecule has 0 unspecified atom stereocenters. The predicted octanol–water partition coefficient (Wildman–Crippen LogP) is 4.36. The van der Waals surface area contributed by atoms with E-state index in [-0.39, 0.29) is 16.6 Å². The van der Waals surface area contributed by atoms with Gasteiger partial charge in [-0.1, -0.05) is 42.2 Å². The molecular formula is C22H25N5O3S3. The molecule has 1 amide bonds. The van der Waals surface area contributed by atoms with Crippen LogP contribution in [-0.2, 0) is 21.2 Å². The lowest BCUT2D eigenvalue weighted by molar-refractivity contribution is -0.113. The van der Waals surface area contributed by atoms with Crippen LogP contribution in [0.25, 0.3) is 0 Å². The molecule has 2 aromatic carbocycles. The van der Waals surface area contributed by atoms with Crippen molar-refractivity contribution in [2.45, 2.75) is 35.4 Å². The van der Waals surface area contributed by atoms with E-state index in [0.717, 1.165) is 24.9 Å². The Balaban J connectivity index is 1.27. The van der Waals surface area contributed by atoms with Gasteiger partial charge in [0, 0.05) is 24.5 Å². The van der Waals surface area contributed by atoms with Crippen LogP contribution in [0.2, 0.25) is 0 Å². The second kappa shape index (κ2) is 10.6. The third-order valence-corrected chi connectivity index (χ3v) is 9.07. The fraction of sp³-hybridized carbons (Fsp3) is 0.318. The monoisotopic (exact) mass is 503 g/mol. The molecule has 4 rings (SSSR count). The van der Waals surface area contributed by atoms with E-state index < -0.39 is 10.0 Å². The van der Waals surface area contributed by atoms with Crippen molar-refractivity contribution in [1.29, 1.82) is 0 Å². The number of aryl methyl sites for hydroxylation is 1.